The molecule has 9 heteroatoms. The van der Waals surface area contributed by atoms with Crippen molar-refractivity contribution in [2.24, 2.45) is 0 Å². The lowest BCUT2D eigenvalue weighted by Crippen LogP contribution is -2.27. The van der Waals surface area contributed by atoms with Gasteiger partial charge in [-0.25, -0.2) is 4.68 Å². The highest BCUT2D eigenvalue weighted by Gasteiger charge is 2.36. The highest BCUT2D eigenvalue weighted by molar-refractivity contribution is 6.32. The van der Waals surface area contributed by atoms with E-state index in [4.69, 9.17) is 11.6 Å². The first-order valence-corrected chi connectivity index (χ1v) is 8.62. The molecular weight excluding hydrogens is 407 g/mol. The summed E-state index contributed by atoms with van der Waals surface area (Å²) < 4.78 is 40.2. The molecule has 1 amide bonds. The third-order valence-electron chi connectivity index (χ3n) is 3.95. The Bertz CT molecular complexity index is 985. The van der Waals surface area contributed by atoms with Crippen LogP contribution >= 0.6 is 11.6 Å². The molecule has 154 valence electrons. The van der Waals surface area contributed by atoms with E-state index in [2.05, 4.69) is 10.4 Å². The molecule has 3 rings (SSSR count). The summed E-state index contributed by atoms with van der Waals surface area (Å²) in [6.45, 7) is 0.193. The smallest absolute Gasteiger partial charge is 0.435 e. The fourth-order valence-corrected chi connectivity index (χ4v) is 2.78. The Kier molecular flexibility index (Phi) is 6.92. The number of para-hydroxylation sites is 1. The summed E-state index contributed by atoms with van der Waals surface area (Å²) in [4.78, 5) is 12.5. The number of carbonyl (C=O) groups excluding carboxylic acids is 1. The maximum absolute atomic E-state index is 13.1. The van der Waals surface area contributed by atoms with Crippen molar-refractivity contribution >= 4 is 17.5 Å². The number of carbonyl (C=O) groups is 1. The summed E-state index contributed by atoms with van der Waals surface area (Å²) in [6.07, 6.45) is -4.26. The van der Waals surface area contributed by atoms with Crippen LogP contribution < -0.4 is 5.32 Å². The zero-order chi connectivity index (χ0) is 20.3. The van der Waals surface area contributed by atoms with Crippen molar-refractivity contribution in [2.75, 3.05) is 6.54 Å². The number of benzene rings is 2. The molecule has 2 N–H and O–H groups in total. The second-order valence-electron chi connectivity index (χ2n) is 5.95. The number of rotatable bonds is 5. The van der Waals surface area contributed by atoms with Gasteiger partial charge in [0, 0.05) is 12.6 Å². The SMILES string of the molecule is C.O=C(NCCc1ccc(O)cc1)c1cc(C(F)(F)F)nn1-c1ccccc1Cl. The van der Waals surface area contributed by atoms with E-state index in [1.54, 1.807) is 24.3 Å². The topological polar surface area (TPSA) is 67.2 Å². The first kappa shape index (κ1) is 22.3. The molecule has 0 aliphatic rings. The molecule has 3 aromatic rings. The molecule has 0 saturated carbocycles. The zero-order valence-electron chi connectivity index (χ0n) is 14.4. The van der Waals surface area contributed by atoms with Crippen LogP contribution in [0.5, 0.6) is 5.75 Å². The number of halogens is 4. The van der Waals surface area contributed by atoms with Crippen LogP contribution in [0.1, 0.15) is 29.2 Å². The lowest BCUT2D eigenvalue weighted by Gasteiger charge is -2.10. The number of nitrogens with one attached hydrogen (secondary N) is 1. The standard InChI is InChI=1S/C19H15ClF3N3O2.CH4/c20-14-3-1-2-4-15(14)26-16(11-17(25-26)19(21,22)23)18(28)24-10-9-12-5-7-13(27)8-6-12;/h1-8,11,27H,9-10H2,(H,24,28);1H4. The molecule has 0 atom stereocenters. The summed E-state index contributed by atoms with van der Waals surface area (Å²) in [6, 6.07) is 13.3. The Morgan fingerprint density at radius 1 is 1.14 bits per heavy atom. The average molecular weight is 426 g/mol. The van der Waals surface area contributed by atoms with Crippen molar-refractivity contribution in [3.8, 4) is 11.4 Å². The van der Waals surface area contributed by atoms with E-state index < -0.39 is 17.8 Å². The molecule has 0 bridgehead atoms. The number of nitrogens with zero attached hydrogens (tertiary/aromatic N) is 2. The Hall–Kier alpha value is -3.00. The number of hydrogen-bond donors (Lipinski definition) is 2. The quantitative estimate of drug-likeness (QED) is 0.613. The van der Waals surface area contributed by atoms with Crippen molar-refractivity contribution in [2.45, 2.75) is 20.0 Å². The van der Waals surface area contributed by atoms with E-state index in [1.165, 1.54) is 24.3 Å². The third-order valence-corrected chi connectivity index (χ3v) is 4.27. The van der Waals surface area contributed by atoms with Crippen LogP contribution in [-0.2, 0) is 12.6 Å². The summed E-state index contributed by atoms with van der Waals surface area (Å²) in [5.74, 6) is -0.585. The number of alkyl halides is 3. The molecule has 1 heterocycles. The molecule has 2 aromatic carbocycles. The molecule has 0 fully saturated rings. The number of phenolic OH excluding ortho intramolecular Hbond substituents is 1. The van der Waals surface area contributed by atoms with E-state index in [9.17, 15) is 23.1 Å². The molecule has 0 saturated heterocycles. The van der Waals surface area contributed by atoms with Gasteiger partial charge >= 0.3 is 6.18 Å². The molecule has 0 spiro atoms. The molecule has 0 aliphatic heterocycles. The van der Waals surface area contributed by atoms with Gasteiger partial charge in [0.25, 0.3) is 5.91 Å². The summed E-state index contributed by atoms with van der Waals surface area (Å²) >= 11 is 6.06. The average Bonchev–Trinajstić information content (AvgIpc) is 3.09. The maximum atomic E-state index is 13.1. The minimum absolute atomic E-state index is 0. The largest absolute Gasteiger partial charge is 0.508 e. The lowest BCUT2D eigenvalue weighted by molar-refractivity contribution is -0.141. The molecule has 0 aliphatic carbocycles. The summed E-state index contributed by atoms with van der Waals surface area (Å²) in [5, 5.41) is 15.5. The molecular formula is C20H19ClF3N3O2. The van der Waals surface area contributed by atoms with Crippen LogP contribution in [0.2, 0.25) is 5.02 Å². The first-order chi connectivity index (χ1) is 13.3. The highest BCUT2D eigenvalue weighted by atomic mass is 35.5. The van der Waals surface area contributed by atoms with Crippen LogP contribution in [0, 0.1) is 0 Å². The zero-order valence-corrected chi connectivity index (χ0v) is 15.1. The fourth-order valence-electron chi connectivity index (χ4n) is 2.56. The minimum atomic E-state index is -4.70. The Balaban J connectivity index is 0.00000300. The Morgan fingerprint density at radius 3 is 2.41 bits per heavy atom. The van der Waals surface area contributed by atoms with E-state index in [0.717, 1.165) is 10.2 Å². The van der Waals surface area contributed by atoms with Gasteiger partial charge in [-0.2, -0.15) is 18.3 Å². The number of phenols is 1. The molecule has 29 heavy (non-hydrogen) atoms. The van der Waals surface area contributed by atoms with Crippen molar-refractivity contribution in [1.82, 2.24) is 15.1 Å². The molecule has 5 nitrogen and oxygen atoms in total. The van der Waals surface area contributed by atoms with E-state index in [-0.39, 0.29) is 36.1 Å². The van der Waals surface area contributed by atoms with Gasteiger partial charge in [-0.15, -0.1) is 0 Å². The minimum Gasteiger partial charge on any atom is -0.508 e. The second-order valence-corrected chi connectivity index (χ2v) is 6.36. The first-order valence-electron chi connectivity index (χ1n) is 8.24. The summed E-state index contributed by atoms with van der Waals surface area (Å²) in [5.41, 5.74) is -0.431. The van der Waals surface area contributed by atoms with Crippen molar-refractivity contribution < 1.29 is 23.1 Å². The van der Waals surface area contributed by atoms with Gasteiger partial charge in [0.05, 0.1) is 10.7 Å². The van der Waals surface area contributed by atoms with Crippen LogP contribution in [0.4, 0.5) is 13.2 Å². The second kappa shape index (κ2) is 9.00. The van der Waals surface area contributed by atoms with Gasteiger partial charge in [-0.3, -0.25) is 4.79 Å². The van der Waals surface area contributed by atoms with E-state index in [1.807, 2.05) is 0 Å². The van der Waals surface area contributed by atoms with Crippen molar-refractivity contribution in [3.63, 3.8) is 0 Å². The van der Waals surface area contributed by atoms with Crippen LogP contribution in [0.3, 0.4) is 0 Å². The third kappa shape index (κ3) is 5.29. The monoisotopic (exact) mass is 425 g/mol. The van der Waals surface area contributed by atoms with Gasteiger partial charge < -0.3 is 10.4 Å². The maximum Gasteiger partial charge on any atom is 0.435 e. The van der Waals surface area contributed by atoms with Gasteiger partial charge in [0.1, 0.15) is 11.4 Å². The van der Waals surface area contributed by atoms with E-state index >= 15 is 0 Å². The van der Waals surface area contributed by atoms with Gasteiger partial charge in [-0.05, 0) is 36.2 Å². The number of hydrogen-bond acceptors (Lipinski definition) is 3. The number of aromatic hydroxyl groups is 1. The predicted octanol–water partition coefficient (Wildman–Crippen LogP) is 4.86. The highest BCUT2D eigenvalue weighted by Crippen LogP contribution is 2.30. The van der Waals surface area contributed by atoms with Crippen molar-refractivity contribution in [1.29, 1.82) is 0 Å². The van der Waals surface area contributed by atoms with Crippen molar-refractivity contribution in [3.05, 3.63) is 76.6 Å². The normalized spacial score (nSPS) is 11.0. The van der Waals surface area contributed by atoms with E-state index in [0.29, 0.717) is 12.5 Å². The van der Waals surface area contributed by atoms with Gasteiger partial charge in [-0.1, -0.05) is 43.3 Å². The number of amides is 1. The molecule has 0 unspecified atom stereocenters. The molecule has 1 aromatic heterocycles. The summed E-state index contributed by atoms with van der Waals surface area (Å²) in [7, 11) is 0. The van der Waals surface area contributed by atoms with Gasteiger partial charge in [0.15, 0.2) is 5.69 Å². The Labute approximate surface area is 170 Å². The van der Waals surface area contributed by atoms with Gasteiger partial charge in [0.2, 0.25) is 0 Å². The lowest BCUT2D eigenvalue weighted by atomic mass is 10.1. The van der Waals surface area contributed by atoms with Crippen LogP contribution in [0.15, 0.2) is 54.6 Å². The predicted molar refractivity (Wildman–Crippen MR) is 104 cm³/mol. The fraction of sp³-hybridized carbons (Fsp3) is 0.200. The Morgan fingerprint density at radius 2 is 1.79 bits per heavy atom. The van der Waals surface area contributed by atoms with Crippen LogP contribution in [-0.4, -0.2) is 27.3 Å². The molecule has 0 radical (unpaired) electrons. The number of aromatic nitrogens is 2. The van der Waals surface area contributed by atoms with Crippen LogP contribution in [0.25, 0.3) is 5.69 Å².